The molecule has 0 radical (unpaired) electrons. The van der Waals surface area contributed by atoms with E-state index < -0.39 is 5.97 Å². The van der Waals surface area contributed by atoms with Crippen molar-refractivity contribution < 1.29 is 19.7 Å². The van der Waals surface area contributed by atoms with Gasteiger partial charge in [-0.15, -0.1) is 0 Å². The molecule has 4 aromatic rings. The molecule has 34 heavy (non-hydrogen) atoms. The van der Waals surface area contributed by atoms with Gasteiger partial charge in [0.05, 0.1) is 17.5 Å². The van der Waals surface area contributed by atoms with E-state index in [9.17, 15) is 15.0 Å². The fourth-order valence-electron chi connectivity index (χ4n) is 3.97. The van der Waals surface area contributed by atoms with E-state index in [0.717, 1.165) is 16.5 Å². The first-order chi connectivity index (χ1) is 16.3. The van der Waals surface area contributed by atoms with Gasteiger partial charge in [-0.2, -0.15) is 5.10 Å². The van der Waals surface area contributed by atoms with E-state index in [0.29, 0.717) is 22.6 Å². The van der Waals surface area contributed by atoms with Gasteiger partial charge in [0.1, 0.15) is 29.6 Å². The molecule has 0 aliphatic heterocycles. The predicted octanol–water partition coefficient (Wildman–Crippen LogP) is 4.48. The van der Waals surface area contributed by atoms with Crippen molar-refractivity contribution in [2.45, 2.75) is 32.9 Å². The highest BCUT2D eigenvalue weighted by Gasteiger charge is 2.17. The number of nitrogens with zero attached hydrogens (tertiary/aromatic N) is 2. The molecular weight excluding hydrogens is 432 g/mol. The fraction of sp³-hybridized carbons (Fsp3) is 0.192. The average molecular weight is 459 g/mol. The van der Waals surface area contributed by atoms with Gasteiger partial charge in [-0.3, -0.25) is 14.9 Å². The molecule has 0 spiro atoms. The summed E-state index contributed by atoms with van der Waals surface area (Å²) < 4.78 is 7.92. The number of hydrogen-bond donors (Lipinski definition) is 4. The van der Waals surface area contributed by atoms with Crippen LogP contribution in [0.4, 0.5) is 0 Å². The Morgan fingerprint density at radius 3 is 2.62 bits per heavy atom. The molecule has 0 unspecified atom stereocenters. The number of hydrogen-bond acceptors (Lipinski definition) is 5. The van der Waals surface area contributed by atoms with Crippen LogP contribution in [0.3, 0.4) is 0 Å². The molecule has 0 atom stereocenters. The molecule has 8 nitrogen and oxygen atoms in total. The summed E-state index contributed by atoms with van der Waals surface area (Å²) in [6, 6.07) is 18.1. The van der Waals surface area contributed by atoms with E-state index in [2.05, 4.69) is 0 Å². The number of carboxylic acid groups (broad SMARTS) is 1. The first-order valence-electron chi connectivity index (χ1n) is 10.9. The Bertz CT molecular complexity index is 1390. The van der Waals surface area contributed by atoms with E-state index in [4.69, 9.17) is 21.0 Å². The number of fused-ring (bicyclic) bond motifs is 1. The molecule has 1 aromatic heterocycles. The lowest BCUT2D eigenvalue weighted by molar-refractivity contribution is -0.136. The van der Waals surface area contributed by atoms with Gasteiger partial charge in [-0.1, -0.05) is 36.4 Å². The number of benzene rings is 3. The zero-order chi connectivity index (χ0) is 24.4. The van der Waals surface area contributed by atoms with Crippen molar-refractivity contribution in [3.63, 3.8) is 0 Å². The Balaban J connectivity index is 1.76. The van der Waals surface area contributed by atoms with Crippen LogP contribution in [-0.4, -0.2) is 31.8 Å². The summed E-state index contributed by atoms with van der Waals surface area (Å²) in [6.45, 7) is 4.22. The van der Waals surface area contributed by atoms with Crippen LogP contribution >= 0.6 is 0 Å². The van der Waals surface area contributed by atoms with Crippen molar-refractivity contribution in [3.8, 4) is 22.6 Å². The van der Waals surface area contributed by atoms with Crippen LogP contribution in [0.15, 0.2) is 60.7 Å². The van der Waals surface area contributed by atoms with Crippen molar-refractivity contribution in [2.24, 2.45) is 5.73 Å². The summed E-state index contributed by atoms with van der Waals surface area (Å²) in [5.74, 6) is -0.684. The van der Waals surface area contributed by atoms with Gasteiger partial charge in [0.15, 0.2) is 0 Å². The highest BCUT2D eigenvalue weighted by atomic mass is 16.5. The molecule has 8 heteroatoms. The molecule has 0 fully saturated rings. The molecule has 0 saturated carbocycles. The van der Waals surface area contributed by atoms with Gasteiger partial charge < -0.3 is 20.7 Å². The van der Waals surface area contributed by atoms with Crippen molar-refractivity contribution >= 4 is 22.7 Å². The molecule has 0 saturated heterocycles. The zero-order valence-corrected chi connectivity index (χ0v) is 18.9. The van der Waals surface area contributed by atoms with Crippen LogP contribution in [-0.2, 0) is 17.8 Å². The van der Waals surface area contributed by atoms with Gasteiger partial charge in [0, 0.05) is 22.6 Å². The fourth-order valence-corrected chi connectivity index (χ4v) is 3.97. The minimum Gasteiger partial charge on any atom is -0.507 e. The number of aromatic hydroxyl groups is 1. The molecule has 0 aliphatic carbocycles. The Morgan fingerprint density at radius 2 is 1.91 bits per heavy atom. The lowest BCUT2D eigenvalue weighted by atomic mass is 9.99. The third-order valence-electron chi connectivity index (χ3n) is 5.59. The minimum absolute atomic E-state index is 0.0500. The molecule has 174 valence electrons. The van der Waals surface area contributed by atoms with Gasteiger partial charge in [0.25, 0.3) is 0 Å². The molecular formula is C26H26N4O4. The number of ether oxygens (including phenoxy) is 1. The topological polar surface area (TPSA) is 134 Å². The Kier molecular flexibility index (Phi) is 6.23. The third-order valence-corrected chi connectivity index (χ3v) is 5.59. The predicted molar refractivity (Wildman–Crippen MR) is 130 cm³/mol. The van der Waals surface area contributed by atoms with Crippen LogP contribution in [0.25, 0.3) is 22.0 Å². The van der Waals surface area contributed by atoms with Gasteiger partial charge in [-0.25, -0.2) is 0 Å². The lowest BCUT2D eigenvalue weighted by Crippen LogP contribution is -2.11. The molecule has 0 bridgehead atoms. The van der Waals surface area contributed by atoms with E-state index in [1.54, 1.807) is 42.5 Å². The molecule has 0 amide bonds. The average Bonchev–Trinajstić information content (AvgIpc) is 3.16. The Hall–Kier alpha value is -4.33. The summed E-state index contributed by atoms with van der Waals surface area (Å²) >= 11 is 0. The van der Waals surface area contributed by atoms with Gasteiger partial charge in [0.2, 0.25) is 0 Å². The maximum atomic E-state index is 11.2. The molecule has 0 aliphatic rings. The smallest absolute Gasteiger partial charge is 0.307 e. The number of para-hydroxylation sites is 2. The largest absolute Gasteiger partial charge is 0.507 e. The minimum atomic E-state index is -0.928. The second-order valence-electron chi connectivity index (χ2n) is 8.30. The summed E-state index contributed by atoms with van der Waals surface area (Å²) in [4.78, 5) is 11.2. The van der Waals surface area contributed by atoms with Crippen molar-refractivity contribution in [3.05, 3.63) is 77.5 Å². The summed E-state index contributed by atoms with van der Waals surface area (Å²) in [6.07, 6.45) is -0.132. The number of aromatic nitrogens is 2. The summed E-state index contributed by atoms with van der Waals surface area (Å²) in [5, 5.41) is 33.2. The Morgan fingerprint density at radius 1 is 1.15 bits per heavy atom. The lowest BCUT2D eigenvalue weighted by Gasteiger charge is -2.11. The van der Waals surface area contributed by atoms with E-state index in [1.165, 1.54) is 0 Å². The maximum absolute atomic E-state index is 11.2. The summed E-state index contributed by atoms with van der Waals surface area (Å²) in [5.41, 5.74) is 9.39. The number of nitrogens with one attached hydrogen (secondary N) is 1. The number of nitrogens with two attached hydrogens (primary N) is 1. The highest BCUT2D eigenvalue weighted by Crippen LogP contribution is 2.35. The molecule has 5 N–H and O–H groups in total. The molecule has 1 heterocycles. The van der Waals surface area contributed by atoms with Gasteiger partial charge in [-0.05, 0) is 43.7 Å². The number of phenolic OH excluding ortho intramolecular Hbond substituents is 1. The monoisotopic (exact) mass is 458 g/mol. The number of aliphatic carboxylic acids is 1. The second kappa shape index (κ2) is 9.27. The standard InChI is InChI=1S/C26H26N4O4/c1-15(2)30-22-11-10-16(18-7-5-8-19(25(18)33)26(27)28)12-20(22)21(29-30)14-34-23-9-4-3-6-17(23)13-24(31)32/h3-12,15,33H,13-14H2,1-2H3,(H3,27,28)(H,31,32). The maximum Gasteiger partial charge on any atom is 0.307 e. The second-order valence-corrected chi connectivity index (χ2v) is 8.30. The first kappa shape index (κ1) is 22.8. The van der Waals surface area contributed by atoms with E-state index in [1.807, 2.05) is 36.7 Å². The number of amidine groups is 1. The van der Waals surface area contributed by atoms with Crippen LogP contribution < -0.4 is 10.5 Å². The number of carbonyl (C=O) groups is 1. The summed E-state index contributed by atoms with van der Waals surface area (Å²) in [7, 11) is 0. The Labute approximate surface area is 196 Å². The normalized spacial score (nSPS) is 11.1. The molecule has 4 rings (SSSR count). The quantitative estimate of drug-likeness (QED) is 0.227. The van der Waals surface area contributed by atoms with E-state index in [-0.39, 0.29) is 36.2 Å². The van der Waals surface area contributed by atoms with Crippen LogP contribution in [0.5, 0.6) is 11.5 Å². The van der Waals surface area contributed by atoms with Gasteiger partial charge >= 0.3 is 5.97 Å². The van der Waals surface area contributed by atoms with Crippen molar-refractivity contribution in [1.29, 1.82) is 5.41 Å². The highest BCUT2D eigenvalue weighted by molar-refractivity contribution is 6.00. The van der Waals surface area contributed by atoms with Crippen LogP contribution in [0.1, 0.15) is 36.7 Å². The molecule has 3 aromatic carbocycles. The number of carboxylic acids is 1. The van der Waals surface area contributed by atoms with Crippen LogP contribution in [0, 0.1) is 5.41 Å². The number of nitrogen functional groups attached to an aromatic ring is 1. The zero-order valence-electron chi connectivity index (χ0n) is 18.9. The number of phenols is 1. The number of rotatable bonds is 8. The third kappa shape index (κ3) is 4.43. The first-order valence-corrected chi connectivity index (χ1v) is 10.9. The van der Waals surface area contributed by atoms with Crippen LogP contribution in [0.2, 0.25) is 0 Å². The van der Waals surface area contributed by atoms with Crippen molar-refractivity contribution in [2.75, 3.05) is 0 Å². The van der Waals surface area contributed by atoms with Crippen molar-refractivity contribution in [1.82, 2.24) is 9.78 Å². The SMILES string of the molecule is CC(C)n1nc(COc2ccccc2CC(=O)O)c2cc(-c3cccc(C(=N)N)c3O)ccc21. The van der Waals surface area contributed by atoms with E-state index >= 15 is 0 Å².